The van der Waals surface area contributed by atoms with Crippen molar-refractivity contribution in [1.29, 1.82) is 0 Å². The maximum atomic E-state index is 11.0. The van der Waals surface area contributed by atoms with Gasteiger partial charge in [0.05, 0.1) is 0 Å². The fraction of sp³-hybridized carbons (Fsp3) is 0.857. The zero-order chi connectivity index (χ0) is 9.07. The molecule has 0 fully saturated rings. The Balaban J connectivity index is 3.88. The standard InChI is InChI=1S/C7H16N2O2/c1-4-5(8)11-6(10)7(2,3)9/h5H,4,8-9H2,1-3H3. The van der Waals surface area contributed by atoms with Crippen molar-refractivity contribution in [3.8, 4) is 0 Å². The number of rotatable bonds is 3. The van der Waals surface area contributed by atoms with E-state index in [4.69, 9.17) is 16.2 Å². The predicted octanol–water partition coefficient (Wildman–Crippen LogP) is -0.0383. The van der Waals surface area contributed by atoms with Gasteiger partial charge in [-0.25, -0.2) is 0 Å². The molecule has 4 N–H and O–H groups in total. The van der Waals surface area contributed by atoms with Crippen molar-refractivity contribution in [3.63, 3.8) is 0 Å². The molecular weight excluding hydrogens is 144 g/mol. The Kier molecular flexibility index (Phi) is 3.48. The van der Waals surface area contributed by atoms with Crippen LogP contribution < -0.4 is 11.5 Å². The van der Waals surface area contributed by atoms with Gasteiger partial charge >= 0.3 is 5.97 Å². The molecule has 0 aromatic carbocycles. The summed E-state index contributed by atoms with van der Waals surface area (Å²) in [6.45, 7) is 5.00. The molecule has 0 aromatic rings. The molecule has 0 saturated heterocycles. The van der Waals surface area contributed by atoms with E-state index in [1.807, 2.05) is 6.92 Å². The van der Waals surface area contributed by atoms with Crippen LogP contribution in [0.1, 0.15) is 27.2 Å². The van der Waals surface area contributed by atoms with Crippen LogP contribution in [0.4, 0.5) is 0 Å². The van der Waals surface area contributed by atoms with Crippen molar-refractivity contribution in [2.75, 3.05) is 0 Å². The minimum atomic E-state index is -0.952. The third kappa shape index (κ3) is 3.95. The van der Waals surface area contributed by atoms with Gasteiger partial charge < -0.3 is 10.5 Å². The molecule has 1 atom stereocenters. The van der Waals surface area contributed by atoms with E-state index in [1.54, 1.807) is 13.8 Å². The van der Waals surface area contributed by atoms with Gasteiger partial charge in [-0.15, -0.1) is 0 Å². The molecular formula is C7H16N2O2. The first-order chi connectivity index (χ1) is 4.88. The Morgan fingerprint density at radius 2 is 2.09 bits per heavy atom. The van der Waals surface area contributed by atoms with E-state index in [0.717, 1.165) is 0 Å². The van der Waals surface area contributed by atoms with Gasteiger partial charge in [0.2, 0.25) is 0 Å². The number of carbonyl (C=O) groups is 1. The molecule has 66 valence electrons. The van der Waals surface area contributed by atoms with E-state index in [-0.39, 0.29) is 0 Å². The van der Waals surface area contributed by atoms with E-state index < -0.39 is 17.7 Å². The first-order valence-corrected chi connectivity index (χ1v) is 3.63. The minimum Gasteiger partial charge on any atom is -0.445 e. The minimum absolute atomic E-state index is 0.466. The lowest BCUT2D eigenvalue weighted by atomic mass is 10.1. The second-order valence-corrected chi connectivity index (χ2v) is 3.07. The van der Waals surface area contributed by atoms with Crippen LogP contribution in [0.25, 0.3) is 0 Å². The normalized spacial score (nSPS) is 14.3. The van der Waals surface area contributed by atoms with Crippen molar-refractivity contribution < 1.29 is 9.53 Å². The molecule has 0 radical (unpaired) electrons. The number of hydrogen-bond donors (Lipinski definition) is 2. The second-order valence-electron chi connectivity index (χ2n) is 3.07. The fourth-order valence-corrected chi connectivity index (χ4v) is 0.373. The highest BCUT2D eigenvalue weighted by Gasteiger charge is 2.24. The van der Waals surface area contributed by atoms with Gasteiger partial charge in [0.1, 0.15) is 5.54 Å². The quantitative estimate of drug-likeness (QED) is 0.448. The lowest BCUT2D eigenvalue weighted by molar-refractivity contribution is -0.154. The zero-order valence-electron chi connectivity index (χ0n) is 7.26. The van der Waals surface area contributed by atoms with Gasteiger partial charge in [0.15, 0.2) is 6.23 Å². The molecule has 0 aliphatic heterocycles. The number of carbonyl (C=O) groups excluding carboxylic acids is 1. The maximum absolute atomic E-state index is 11.0. The number of nitrogens with two attached hydrogens (primary N) is 2. The first-order valence-electron chi connectivity index (χ1n) is 3.63. The van der Waals surface area contributed by atoms with Crippen LogP contribution >= 0.6 is 0 Å². The predicted molar refractivity (Wildman–Crippen MR) is 42.6 cm³/mol. The summed E-state index contributed by atoms with van der Waals surface area (Å²) in [6.07, 6.45) is 0.0623. The summed E-state index contributed by atoms with van der Waals surface area (Å²) in [5.41, 5.74) is 9.87. The molecule has 0 aliphatic rings. The summed E-state index contributed by atoms with van der Waals surface area (Å²) in [5.74, 6) is -0.466. The van der Waals surface area contributed by atoms with Crippen LogP contribution in [0.2, 0.25) is 0 Å². The highest BCUT2D eigenvalue weighted by Crippen LogP contribution is 2.02. The van der Waals surface area contributed by atoms with Crippen molar-refractivity contribution in [1.82, 2.24) is 0 Å². The molecule has 0 spiro atoms. The van der Waals surface area contributed by atoms with Gasteiger partial charge in [-0.2, -0.15) is 0 Å². The van der Waals surface area contributed by atoms with Gasteiger partial charge in [-0.3, -0.25) is 10.5 Å². The van der Waals surface area contributed by atoms with Crippen LogP contribution in [0.15, 0.2) is 0 Å². The Morgan fingerprint density at radius 1 is 1.64 bits per heavy atom. The van der Waals surface area contributed by atoms with Crippen molar-refractivity contribution in [2.24, 2.45) is 11.5 Å². The fourth-order valence-electron chi connectivity index (χ4n) is 0.373. The molecule has 4 heteroatoms. The summed E-state index contributed by atoms with van der Waals surface area (Å²) in [4.78, 5) is 11.0. The van der Waals surface area contributed by atoms with E-state index in [9.17, 15) is 4.79 Å². The highest BCUT2D eigenvalue weighted by molar-refractivity contribution is 5.79. The molecule has 0 amide bonds. The summed E-state index contributed by atoms with van der Waals surface area (Å²) in [5, 5.41) is 0. The SMILES string of the molecule is CCC(N)OC(=O)C(C)(C)N. The third-order valence-corrected chi connectivity index (χ3v) is 1.19. The third-order valence-electron chi connectivity index (χ3n) is 1.19. The van der Waals surface area contributed by atoms with Crippen molar-refractivity contribution >= 4 is 5.97 Å². The number of esters is 1. The van der Waals surface area contributed by atoms with Crippen LogP contribution in [0.5, 0.6) is 0 Å². The number of hydrogen-bond acceptors (Lipinski definition) is 4. The second kappa shape index (κ2) is 3.69. The molecule has 0 saturated carbocycles. The van der Waals surface area contributed by atoms with Crippen LogP contribution in [-0.2, 0) is 9.53 Å². The lowest BCUT2D eigenvalue weighted by Crippen LogP contribution is -2.45. The summed E-state index contributed by atoms with van der Waals surface area (Å²) in [6, 6.07) is 0. The van der Waals surface area contributed by atoms with Crippen LogP contribution in [-0.4, -0.2) is 17.7 Å². The van der Waals surface area contributed by atoms with Crippen LogP contribution in [0, 0.1) is 0 Å². The topological polar surface area (TPSA) is 78.3 Å². The van der Waals surface area contributed by atoms with Crippen LogP contribution in [0.3, 0.4) is 0 Å². The Morgan fingerprint density at radius 3 is 2.36 bits per heavy atom. The average Bonchev–Trinajstić information content (AvgIpc) is 1.85. The number of ether oxygens (including phenoxy) is 1. The van der Waals surface area contributed by atoms with E-state index in [1.165, 1.54) is 0 Å². The zero-order valence-corrected chi connectivity index (χ0v) is 7.26. The Labute approximate surface area is 66.9 Å². The maximum Gasteiger partial charge on any atom is 0.327 e. The van der Waals surface area contributed by atoms with Gasteiger partial charge in [-0.05, 0) is 20.3 Å². The lowest BCUT2D eigenvalue weighted by Gasteiger charge is -2.19. The average molecular weight is 160 g/mol. The Hall–Kier alpha value is -0.610. The first kappa shape index (κ1) is 10.4. The molecule has 0 aliphatic carbocycles. The summed E-state index contributed by atoms with van der Waals surface area (Å²) >= 11 is 0. The molecule has 0 aromatic heterocycles. The monoisotopic (exact) mass is 160 g/mol. The molecule has 1 unspecified atom stereocenters. The molecule has 0 heterocycles. The Bertz CT molecular complexity index is 140. The van der Waals surface area contributed by atoms with Crippen molar-refractivity contribution in [3.05, 3.63) is 0 Å². The smallest absolute Gasteiger partial charge is 0.327 e. The molecule has 0 rings (SSSR count). The molecule has 0 bridgehead atoms. The van der Waals surface area contributed by atoms with Crippen molar-refractivity contribution in [2.45, 2.75) is 39.0 Å². The molecule has 4 nitrogen and oxygen atoms in total. The summed E-state index contributed by atoms with van der Waals surface area (Å²) < 4.78 is 4.78. The highest BCUT2D eigenvalue weighted by atomic mass is 16.6. The van der Waals surface area contributed by atoms with E-state index in [2.05, 4.69) is 0 Å². The van der Waals surface area contributed by atoms with Gasteiger partial charge in [0.25, 0.3) is 0 Å². The molecule has 11 heavy (non-hydrogen) atoms. The van der Waals surface area contributed by atoms with Gasteiger partial charge in [0, 0.05) is 0 Å². The van der Waals surface area contributed by atoms with Gasteiger partial charge in [-0.1, -0.05) is 6.92 Å². The largest absolute Gasteiger partial charge is 0.445 e. The van der Waals surface area contributed by atoms with E-state index >= 15 is 0 Å². The van der Waals surface area contributed by atoms with E-state index in [0.29, 0.717) is 6.42 Å². The summed E-state index contributed by atoms with van der Waals surface area (Å²) in [7, 11) is 0.